The number of hydrogen-bond donors (Lipinski definition) is 2. The molecule has 0 saturated heterocycles. The lowest BCUT2D eigenvalue weighted by Crippen LogP contribution is -2.58. The van der Waals surface area contributed by atoms with E-state index in [1.165, 1.54) is 18.0 Å². The number of hydrogen-bond acceptors (Lipinski definition) is 6. The van der Waals surface area contributed by atoms with Gasteiger partial charge >= 0.3 is 0 Å². The van der Waals surface area contributed by atoms with Crippen molar-refractivity contribution in [3.05, 3.63) is 71.0 Å². The van der Waals surface area contributed by atoms with Gasteiger partial charge in [-0.1, -0.05) is 12.2 Å². The van der Waals surface area contributed by atoms with Gasteiger partial charge in [-0.2, -0.15) is 0 Å². The zero-order valence-corrected chi connectivity index (χ0v) is 18.2. The van der Waals surface area contributed by atoms with E-state index in [1.54, 1.807) is 25.2 Å². The quantitative estimate of drug-likeness (QED) is 0.375. The van der Waals surface area contributed by atoms with Crippen LogP contribution in [-0.4, -0.2) is 41.6 Å². The Labute approximate surface area is 185 Å². The standard InChI is InChI=1S/C23H25N5O4/c1-24-23(22(31)26-16-29,10-4-6-17-7-5-11-27(2)13-17)14-28-15-25-20-9-8-18(32-3)12-19(20)21(28)30/h4-9,11-13,15-16,24H,10,14H2,1-3H3/p+1. The minimum absolute atomic E-state index is 0.0327. The van der Waals surface area contributed by atoms with E-state index in [0.29, 0.717) is 23.1 Å². The molecule has 3 rings (SSSR count). The topological polar surface area (TPSA) is 106 Å². The highest BCUT2D eigenvalue weighted by molar-refractivity contribution is 5.93. The Morgan fingerprint density at radius 3 is 2.84 bits per heavy atom. The van der Waals surface area contributed by atoms with Gasteiger partial charge in [0.15, 0.2) is 12.4 Å². The van der Waals surface area contributed by atoms with Gasteiger partial charge in [-0.25, -0.2) is 9.55 Å². The molecule has 0 spiro atoms. The van der Waals surface area contributed by atoms with E-state index in [-0.39, 0.29) is 18.5 Å². The second kappa shape index (κ2) is 9.97. The molecule has 2 amide bonds. The van der Waals surface area contributed by atoms with Gasteiger partial charge in [-0.15, -0.1) is 0 Å². The van der Waals surface area contributed by atoms with Crippen molar-refractivity contribution < 1.29 is 18.9 Å². The molecule has 2 N–H and O–H groups in total. The zero-order chi connectivity index (χ0) is 23.1. The van der Waals surface area contributed by atoms with Crippen LogP contribution in [0.2, 0.25) is 0 Å². The Bertz CT molecular complexity index is 1220. The van der Waals surface area contributed by atoms with Crippen molar-refractivity contribution in [1.29, 1.82) is 0 Å². The maximum atomic E-state index is 13.1. The molecule has 0 bridgehead atoms. The maximum Gasteiger partial charge on any atom is 0.261 e. The van der Waals surface area contributed by atoms with E-state index in [4.69, 9.17) is 4.74 Å². The largest absolute Gasteiger partial charge is 0.497 e. The first-order valence-corrected chi connectivity index (χ1v) is 10.0. The van der Waals surface area contributed by atoms with Crippen LogP contribution < -0.4 is 25.5 Å². The monoisotopic (exact) mass is 436 g/mol. The molecule has 0 radical (unpaired) electrons. The second-order valence-electron chi connectivity index (χ2n) is 7.39. The highest BCUT2D eigenvalue weighted by Gasteiger charge is 2.36. The minimum Gasteiger partial charge on any atom is -0.497 e. The number of rotatable bonds is 9. The Hall–Kier alpha value is -3.85. The molecule has 0 aliphatic heterocycles. The number of methoxy groups -OCH3 is 1. The molecule has 0 fully saturated rings. The fourth-order valence-corrected chi connectivity index (χ4v) is 3.49. The van der Waals surface area contributed by atoms with Crippen LogP contribution in [0.3, 0.4) is 0 Å². The average molecular weight is 436 g/mol. The summed E-state index contributed by atoms with van der Waals surface area (Å²) in [6, 6.07) is 8.89. The lowest BCUT2D eigenvalue weighted by Gasteiger charge is -2.31. The number of imide groups is 1. The van der Waals surface area contributed by atoms with Crippen molar-refractivity contribution in [2.24, 2.45) is 7.05 Å². The molecule has 9 nitrogen and oxygen atoms in total. The molecular weight excluding hydrogens is 410 g/mol. The zero-order valence-electron chi connectivity index (χ0n) is 18.2. The Morgan fingerprint density at radius 1 is 1.34 bits per heavy atom. The van der Waals surface area contributed by atoms with Crippen LogP contribution in [0, 0.1) is 0 Å². The first-order valence-electron chi connectivity index (χ1n) is 10.0. The number of likely N-dealkylation sites (N-methyl/N-ethyl adjacent to an activating group) is 1. The van der Waals surface area contributed by atoms with E-state index in [0.717, 1.165) is 5.56 Å². The van der Waals surface area contributed by atoms with E-state index >= 15 is 0 Å². The summed E-state index contributed by atoms with van der Waals surface area (Å²) in [5.41, 5.74) is -0.0953. The van der Waals surface area contributed by atoms with Crippen molar-refractivity contribution >= 4 is 29.3 Å². The summed E-state index contributed by atoms with van der Waals surface area (Å²) in [4.78, 5) is 41.3. The molecular formula is C23H26N5O4+. The Morgan fingerprint density at radius 2 is 2.16 bits per heavy atom. The van der Waals surface area contributed by atoms with Crippen molar-refractivity contribution in [1.82, 2.24) is 20.2 Å². The van der Waals surface area contributed by atoms with Crippen LogP contribution in [0.1, 0.15) is 12.0 Å². The fraction of sp³-hybridized carbons (Fsp3) is 0.261. The SMILES string of the molecule is CNC(CC=Cc1ccc[n+](C)c1)(Cn1cnc2ccc(OC)cc2c1=O)C(=O)NC=O. The summed E-state index contributed by atoms with van der Waals surface area (Å²) in [6.07, 6.45) is 9.53. The number of aryl methyl sites for hydroxylation is 1. The number of carbonyl (C=O) groups excluding carboxylic acids is 2. The first kappa shape index (κ1) is 22.8. The van der Waals surface area contributed by atoms with Gasteiger partial charge in [0.1, 0.15) is 18.3 Å². The molecule has 32 heavy (non-hydrogen) atoms. The molecule has 1 aromatic carbocycles. The molecule has 0 saturated carbocycles. The number of ether oxygens (including phenoxy) is 1. The van der Waals surface area contributed by atoms with Gasteiger partial charge in [0.2, 0.25) is 12.3 Å². The van der Waals surface area contributed by atoms with Gasteiger partial charge in [-0.3, -0.25) is 24.3 Å². The molecule has 2 heterocycles. The van der Waals surface area contributed by atoms with Crippen LogP contribution in [-0.2, 0) is 23.2 Å². The number of nitrogens with one attached hydrogen (secondary N) is 2. The van der Waals surface area contributed by atoms with Crippen LogP contribution in [0.25, 0.3) is 17.0 Å². The van der Waals surface area contributed by atoms with Crippen molar-refractivity contribution in [3.8, 4) is 5.75 Å². The number of fused-ring (bicyclic) bond motifs is 1. The number of nitrogens with zero attached hydrogens (tertiary/aromatic N) is 3. The van der Waals surface area contributed by atoms with Crippen molar-refractivity contribution in [2.45, 2.75) is 18.5 Å². The predicted octanol–water partition coefficient (Wildman–Crippen LogP) is 0.564. The molecule has 1 atom stereocenters. The van der Waals surface area contributed by atoms with E-state index in [2.05, 4.69) is 15.6 Å². The molecule has 1 unspecified atom stereocenters. The summed E-state index contributed by atoms with van der Waals surface area (Å²) < 4.78 is 8.49. The Balaban J connectivity index is 1.98. The van der Waals surface area contributed by atoms with Crippen LogP contribution in [0.15, 0.2) is 59.9 Å². The lowest BCUT2D eigenvalue weighted by molar-refractivity contribution is -0.671. The highest BCUT2D eigenvalue weighted by atomic mass is 16.5. The molecule has 0 aliphatic rings. The molecule has 2 aromatic heterocycles. The van der Waals surface area contributed by atoms with Crippen molar-refractivity contribution in [3.63, 3.8) is 0 Å². The molecule has 3 aromatic rings. The number of carbonyl (C=O) groups is 2. The summed E-state index contributed by atoms with van der Waals surface area (Å²) in [5, 5.41) is 5.59. The van der Waals surface area contributed by atoms with Gasteiger partial charge in [0.05, 0.1) is 30.9 Å². The first-order chi connectivity index (χ1) is 15.4. The third-order valence-corrected chi connectivity index (χ3v) is 5.31. The summed E-state index contributed by atoms with van der Waals surface area (Å²) in [7, 11) is 5.05. The third kappa shape index (κ3) is 4.89. The molecule has 9 heteroatoms. The molecule has 0 aliphatic carbocycles. The van der Waals surface area contributed by atoms with E-state index in [1.807, 2.05) is 48.3 Å². The summed E-state index contributed by atoms with van der Waals surface area (Å²) in [5.74, 6) is -0.0115. The Kier molecular flexibility index (Phi) is 7.11. The average Bonchev–Trinajstić information content (AvgIpc) is 2.80. The summed E-state index contributed by atoms with van der Waals surface area (Å²) in [6.45, 7) is -0.0327. The normalized spacial score (nSPS) is 13.1. The fourth-order valence-electron chi connectivity index (χ4n) is 3.49. The van der Waals surface area contributed by atoms with Gasteiger partial charge < -0.3 is 10.1 Å². The van der Waals surface area contributed by atoms with Crippen molar-refractivity contribution in [2.75, 3.05) is 14.2 Å². The highest BCUT2D eigenvalue weighted by Crippen LogP contribution is 2.18. The van der Waals surface area contributed by atoms with Crippen LogP contribution in [0.5, 0.6) is 5.75 Å². The van der Waals surface area contributed by atoms with E-state index < -0.39 is 11.4 Å². The van der Waals surface area contributed by atoms with Gasteiger partial charge in [0.25, 0.3) is 5.56 Å². The maximum absolute atomic E-state index is 13.1. The van der Waals surface area contributed by atoms with Crippen LogP contribution >= 0.6 is 0 Å². The summed E-state index contributed by atoms with van der Waals surface area (Å²) >= 11 is 0. The number of amides is 2. The number of aromatic nitrogens is 3. The molecule has 166 valence electrons. The lowest BCUT2D eigenvalue weighted by atomic mass is 9.93. The van der Waals surface area contributed by atoms with Gasteiger partial charge in [-0.05, 0) is 37.7 Å². The second-order valence-corrected chi connectivity index (χ2v) is 7.39. The van der Waals surface area contributed by atoms with Gasteiger partial charge in [0, 0.05) is 11.6 Å². The minimum atomic E-state index is -1.26. The number of benzene rings is 1. The van der Waals surface area contributed by atoms with E-state index in [9.17, 15) is 14.4 Å². The smallest absolute Gasteiger partial charge is 0.261 e. The predicted molar refractivity (Wildman–Crippen MR) is 120 cm³/mol. The van der Waals surface area contributed by atoms with Crippen LogP contribution in [0.4, 0.5) is 0 Å². The number of pyridine rings is 1. The third-order valence-electron chi connectivity index (χ3n) is 5.31.